The van der Waals surface area contributed by atoms with Crippen molar-refractivity contribution in [3.05, 3.63) is 0 Å². The maximum atomic E-state index is 13.0. The minimum Gasteiger partial charge on any atom is -0.392 e. The highest BCUT2D eigenvalue weighted by Crippen LogP contribution is 2.39. The minimum atomic E-state index is -0.724. The normalized spacial score (nSPS) is 25.9. The Balaban J connectivity index is 2.26. The molecule has 6 heteroatoms. The van der Waals surface area contributed by atoms with Crippen LogP contribution in [-0.2, 0) is 9.59 Å². The highest BCUT2D eigenvalue weighted by atomic mass is 32.1. The molecular formula is C14H23N3O2S. The quantitative estimate of drug-likeness (QED) is 0.761. The number of amides is 2. The molecule has 3 N–H and O–H groups in total. The van der Waals surface area contributed by atoms with Gasteiger partial charge in [-0.1, -0.05) is 38.4 Å². The molecule has 1 aliphatic carbocycles. The lowest BCUT2D eigenvalue weighted by Gasteiger charge is -2.43. The molecule has 5 nitrogen and oxygen atoms in total. The molecule has 1 unspecified atom stereocenters. The summed E-state index contributed by atoms with van der Waals surface area (Å²) in [5, 5.41) is 2.82. The number of piperazine rings is 1. The molecule has 0 radical (unpaired) electrons. The fraction of sp³-hybridized carbons (Fsp3) is 0.786. The van der Waals surface area contributed by atoms with Crippen molar-refractivity contribution in [1.82, 2.24) is 10.2 Å². The number of hydrogen-bond donors (Lipinski definition) is 2. The third-order valence-corrected chi connectivity index (χ3v) is 4.96. The van der Waals surface area contributed by atoms with Crippen LogP contribution in [0.2, 0.25) is 0 Å². The number of carbonyl (C=O) groups is 2. The average molecular weight is 297 g/mol. The Morgan fingerprint density at radius 1 is 1.45 bits per heavy atom. The molecule has 1 aliphatic heterocycles. The summed E-state index contributed by atoms with van der Waals surface area (Å²) in [5.41, 5.74) is 5.19. The summed E-state index contributed by atoms with van der Waals surface area (Å²) in [7, 11) is 0. The fourth-order valence-electron chi connectivity index (χ4n) is 3.36. The molecule has 0 aromatic heterocycles. The monoisotopic (exact) mass is 297 g/mol. The summed E-state index contributed by atoms with van der Waals surface area (Å²) in [6, 6.07) is -0.385. The molecule has 0 bridgehead atoms. The molecule has 2 amide bonds. The predicted molar refractivity (Wildman–Crippen MR) is 81.1 cm³/mol. The SMILES string of the molecule is CCC1C(=O)NCCN1C(=O)C1(C(N)=S)CCCCC1. The van der Waals surface area contributed by atoms with Crippen molar-refractivity contribution in [2.75, 3.05) is 13.1 Å². The molecule has 2 fully saturated rings. The van der Waals surface area contributed by atoms with Crippen LogP contribution in [-0.4, -0.2) is 40.8 Å². The van der Waals surface area contributed by atoms with Gasteiger partial charge in [0.05, 0.1) is 10.4 Å². The third-order valence-electron chi connectivity index (χ3n) is 4.57. The molecule has 20 heavy (non-hydrogen) atoms. The summed E-state index contributed by atoms with van der Waals surface area (Å²) < 4.78 is 0. The zero-order valence-electron chi connectivity index (χ0n) is 12.0. The topological polar surface area (TPSA) is 75.4 Å². The second-order valence-corrected chi connectivity index (χ2v) is 6.16. The van der Waals surface area contributed by atoms with Crippen molar-refractivity contribution < 1.29 is 9.59 Å². The van der Waals surface area contributed by atoms with Gasteiger partial charge in [0.15, 0.2) is 0 Å². The van der Waals surface area contributed by atoms with E-state index in [0.29, 0.717) is 24.5 Å². The van der Waals surface area contributed by atoms with Gasteiger partial charge in [-0.2, -0.15) is 0 Å². The number of nitrogens with one attached hydrogen (secondary N) is 1. The molecule has 112 valence electrons. The van der Waals surface area contributed by atoms with E-state index in [0.717, 1.165) is 32.1 Å². The largest absolute Gasteiger partial charge is 0.392 e. The lowest BCUT2D eigenvalue weighted by molar-refractivity contribution is -0.149. The fourth-order valence-corrected chi connectivity index (χ4v) is 3.65. The standard InChI is InChI=1S/C14H23N3O2S/c1-2-10-11(18)16-8-9-17(10)13(19)14(12(15)20)6-4-3-5-7-14/h10H,2-9H2,1H3,(H2,15,20)(H,16,18). The minimum absolute atomic E-state index is 0.0357. The molecule has 1 saturated carbocycles. The van der Waals surface area contributed by atoms with Crippen molar-refractivity contribution in [2.45, 2.75) is 51.5 Å². The van der Waals surface area contributed by atoms with E-state index in [1.165, 1.54) is 0 Å². The van der Waals surface area contributed by atoms with Gasteiger partial charge in [-0.15, -0.1) is 0 Å². The first-order valence-corrected chi connectivity index (χ1v) is 7.82. The van der Waals surface area contributed by atoms with Gasteiger partial charge in [0, 0.05) is 13.1 Å². The number of nitrogens with zero attached hydrogens (tertiary/aromatic N) is 1. The van der Waals surface area contributed by atoms with Crippen LogP contribution in [0.3, 0.4) is 0 Å². The highest BCUT2D eigenvalue weighted by Gasteiger charge is 2.47. The van der Waals surface area contributed by atoms with E-state index in [1.54, 1.807) is 4.90 Å². The first-order valence-electron chi connectivity index (χ1n) is 7.41. The van der Waals surface area contributed by atoms with Crippen LogP contribution in [0, 0.1) is 5.41 Å². The maximum absolute atomic E-state index is 13.0. The van der Waals surface area contributed by atoms with Gasteiger partial charge in [0.1, 0.15) is 6.04 Å². The van der Waals surface area contributed by atoms with Gasteiger partial charge in [0.25, 0.3) is 0 Å². The molecule has 1 heterocycles. The number of carbonyl (C=O) groups excluding carboxylic acids is 2. The second-order valence-electron chi connectivity index (χ2n) is 5.72. The lowest BCUT2D eigenvalue weighted by Crippen LogP contribution is -2.62. The van der Waals surface area contributed by atoms with Crippen LogP contribution in [0.15, 0.2) is 0 Å². The second kappa shape index (κ2) is 6.08. The van der Waals surface area contributed by atoms with Gasteiger partial charge < -0.3 is 16.0 Å². The summed E-state index contributed by atoms with van der Waals surface area (Å²) >= 11 is 5.21. The molecule has 1 saturated heterocycles. The van der Waals surface area contributed by atoms with E-state index in [-0.39, 0.29) is 17.9 Å². The molecule has 0 aromatic rings. The van der Waals surface area contributed by atoms with E-state index in [9.17, 15) is 9.59 Å². The van der Waals surface area contributed by atoms with Crippen molar-refractivity contribution in [3.8, 4) is 0 Å². The van der Waals surface area contributed by atoms with Crippen LogP contribution in [0.4, 0.5) is 0 Å². The van der Waals surface area contributed by atoms with E-state index < -0.39 is 5.41 Å². The first-order chi connectivity index (χ1) is 9.53. The van der Waals surface area contributed by atoms with Crippen LogP contribution in [0.1, 0.15) is 45.4 Å². The Hall–Kier alpha value is -1.17. The van der Waals surface area contributed by atoms with Crippen LogP contribution < -0.4 is 11.1 Å². The number of nitrogens with two attached hydrogens (primary N) is 1. The Bertz CT molecular complexity index is 419. The predicted octanol–water partition coefficient (Wildman–Crippen LogP) is 0.960. The van der Waals surface area contributed by atoms with Crippen LogP contribution in [0.5, 0.6) is 0 Å². The number of hydrogen-bond acceptors (Lipinski definition) is 3. The van der Waals surface area contributed by atoms with E-state index in [4.69, 9.17) is 18.0 Å². The summed E-state index contributed by atoms with van der Waals surface area (Å²) in [5.74, 6) is -0.104. The smallest absolute Gasteiger partial charge is 0.242 e. The van der Waals surface area contributed by atoms with Gasteiger partial charge in [-0.25, -0.2) is 0 Å². The molecule has 1 atom stereocenters. The van der Waals surface area contributed by atoms with Gasteiger partial charge in [-0.05, 0) is 19.3 Å². The first kappa shape index (κ1) is 15.2. The Kier molecular flexibility index (Phi) is 4.62. The van der Waals surface area contributed by atoms with Crippen molar-refractivity contribution in [1.29, 1.82) is 0 Å². The van der Waals surface area contributed by atoms with Crippen LogP contribution >= 0.6 is 12.2 Å². The Morgan fingerprint density at radius 2 is 2.10 bits per heavy atom. The molecule has 2 aliphatic rings. The summed E-state index contributed by atoms with van der Waals surface area (Å²) in [4.78, 5) is 26.9. The third kappa shape index (κ3) is 2.53. The number of thiocarbonyl (C=S) groups is 1. The highest BCUT2D eigenvalue weighted by molar-refractivity contribution is 7.80. The van der Waals surface area contributed by atoms with Crippen molar-refractivity contribution >= 4 is 29.0 Å². The number of rotatable bonds is 3. The summed E-state index contributed by atoms with van der Waals surface area (Å²) in [6.07, 6.45) is 5.12. The van der Waals surface area contributed by atoms with Crippen molar-refractivity contribution in [3.63, 3.8) is 0 Å². The molecular weight excluding hydrogens is 274 g/mol. The Labute approximate surface area is 125 Å². The lowest BCUT2D eigenvalue weighted by atomic mass is 9.72. The van der Waals surface area contributed by atoms with E-state index >= 15 is 0 Å². The maximum Gasteiger partial charge on any atom is 0.242 e. The van der Waals surface area contributed by atoms with Gasteiger partial charge in [0.2, 0.25) is 11.8 Å². The van der Waals surface area contributed by atoms with Crippen LogP contribution in [0.25, 0.3) is 0 Å². The van der Waals surface area contributed by atoms with Gasteiger partial charge >= 0.3 is 0 Å². The summed E-state index contributed by atoms with van der Waals surface area (Å²) in [6.45, 7) is 2.98. The van der Waals surface area contributed by atoms with E-state index in [2.05, 4.69) is 5.32 Å². The average Bonchev–Trinajstić information content (AvgIpc) is 2.46. The molecule has 0 spiro atoms. The van der Waals surface area contributed by atoms with Gasteiger partial charge in [-0.3, -0.25) is 9.59 Å². The molecule has 0 aromatic carbocycles. The zero-order chi connectivity index (χ0) is 14.8. The van der Waals surface area contributed by atoms with Crippen molar-refractivity contribution in [2.24, 2.45) is 11.1 Å². The molecule has 2 rings (SSSR count). The zero-order valence-corrected chi connectivity index (χ0v) is 12.8. The Morgan fingerprint density at radius 3 is 2.65 bits per heavy atom. The van der Waals surface area contributed by atoms with E-state index in [1.807, 2.05) is 6.92 Å².